The third-order valence-electron chi connectivity index (χ3n) is 6.94. The van der Waals surface area contributed by atoms with Gasteiger partial charge in [-0.1, -0.05) is 11.6 Å². The number of methoxy groups -OCH3 is 1. The SMILES string of the molecule is COCCCCc1c(Cl)cc2c(cnn2C2CCCCO2)c1B1OC(C)(C)C(C)(C)O1. The highest BCUT2D eigenvalue weighted by molar-refractivity contribution is 6.66. The van der Waals surface area contributed by atoms with E-state index >= 15 is 0 Å². The number of benzene rings is 1. The second-order valence-electron chi connectivity index (χ2n) is 9.63. The van der Waals surface area contributed by atoms with Crippen molar-refractivity contribution in [2.45, 2.75) is 83.6 Å². The minimum absolute atomic E-state index is 0.0546. The summed E-state index contributed by atoms with van der Waals surface area (Å²) in [6.45, 7) is 9.81. The summed E-state index contributed by atoms with van der Waals surface area (Å²) in [5.74, 6) is 0. The maximum absolute atomic E-state index is 6.89. The van der Waals surface area contributed by atoms with Gasteiger partial charge < -0.3 is 18.8 Å². The zero-order valence-electron chi connectivity index (χ0n) is 19.4. The topological polar surface area (TPSA) is 54.7 Å². The number of rotatable bonds is 7. The number of fused-ring (bicyclic) bond motifs is 1. The van der Waals surface area contributed by atoms with Crippen LogP contribution in [0, 0.1) is 0 Å². The van der Waals surface area contributed by atoms with Gasteiger partial charge in [0.05, 0.1) is 22.9 Å². The molecule has 2 aliphatic heterocycles. The predicted molar refractivity (Wildman–Crippen MR) is 124 cm³/mol. The van der Waals surface area contributed by atoms with E-state index in [1.54, 1.807) is 7.11 Å². The van der Waals surface area contributed by atoms with E-state index in [4.69, 9.17) is 35.5 Å². The van der Waals surface area contributed by atoms with Crippen molar-refractivity contribution in [1.82, 2.24) is 9.78 Å². The summed E-state index contributed by atoms with van der Waals surface area (Å²) in [7, 11) is 1.24. The van der Waals surface area contributed by atoms with E-state index in [-0.39, 0.29) is 6.23 Å². The highest BCUT2D eigenvalue weighted by Crippen LogP contribution is 2.38. The van der Waals surface area contributed by atoms with Crippen LogP contribution in [0.15, 0.2) is 12.3 Å². The van der Waals surface area contributed by atoms with Crippen LogP contribution in [0.1, 0.15) is 71.6 Å². The van der Waals surface area contributed by atoms with Gasteiger partial charge >= 0.3 is 7.12 Å². The number of aromatic nitrogens is 2. The number of hydrogen-bond donors (Lipinski definition) is 0. The van der Waals surface area contributed by atoms with Crippen LogP contribution in [0.2, 0.25) is 5.02 Å². The van der Waals surface area contributed by atoms with E-state index in [0.717, 1.165) is 78.7 Å². The molecule has 2 fully saturated rings. The van der Waals surface area contributed by atoms with Crippen molar-refractivity contribution >= 4 is 35.1 Å². The second kappa shape index (κ2) is 9.03. The lowest BCUT2D eigenvalue weighted by molar-refractivity contribution is -0.0366. The Morgan fingerprint density at radius 3 is 2.58 bits per heavy atom. The molecule has 1 aromatic carbocycles. The summed E-state index contributed by atoms with van der Waals surface area (Å²) in [4.78, 5) is 0. The second-order valence-corrected chi connectivity index (χ2v) is 10.0. The van der Waals surface area contributed by atoms with Crippen molar-refractivity contribution in [1.29, 1.82) is 0 Å². The van der Waals surface area contributed by atoms with Crippen molar-refractivity contribution in [2.24, 2.45) is 0 Å². The van der Waals surface area contributed by atoms with Gasteiger partial charge in [0.2, 0.25) is 0 Å². The van der Waals surface area contributed by atoms with Crippen LogP contribution >= 0.6 is 11.6 Å². The van der Waals surface area contributed by atoms with Crippen LogP contribution in [-0.2, 0) is 25.2 Å². The van der Waals surface area contributed by atoms with E-state index in [2.05, 4.69) is 27.7 Å². The molecule has 1 atom stereocenters. The van der Waals surface area contributed by atoms with Gasteiger partial charge in [-0.15, -0.1) is 0 Å². The fraction of sp³-hybridized carbons (Fsp3) is 0.696. The first-order valence-electron chi connectivity index (χ1n) is 11.4. The molecule has 2 saturated heterocycles. The van der Waals surface area contributed by atoms with E-state index in [0.29, 0.717) is 0 Å². The third-order valence-corrected chi connectivity index (χ3v) is 7.28. The molecule has 8 heteroatoms. The number of ether oxygens (including phenoxy) is 2. The van der Waals surface area contributed by atoms with E-state index in [1.807, 2.05) is 16.9 Å². The summed E-state index contributed by atoms with van der Waals surface area (Å²) in [5, 5.41) is 6.47. The van der Waals surface area contributed by atoms with Crippen molar-refractivity contribution in [2.75, 3.05) is 20.3 Å². The molecular weight excluding hydrogens is 415 g/mol. The maximum atomic E-state index is 6.89. The van der Waals surface area contributed by atoms with Gasteiger partial charge in [0.15, 0.2) is 6.23 Å². The van der Waals surface area contributed by atoms with Gasteiger partial charge in [0, 0.05) is 30.7 Å². The standard InChI is InChI=1S/C23H34BClN2O4/c1-22(2)23(3,4)31-24(30-22)21-16(10-6-8-12-28-5)18(25)14-19-17(21)15-26-27(19)20-11-7-9-13-29-20/h14-15,20H,6-13H2,1-5H3. The van der Waals surface area contributed by atoms with Gasteiger partial charge in [-0.25, -0.2) is 4.68 Å². The Morgan fingerprint density at radius 2 is 1.94 bits per heavy atom. The average molecular weight is 449 g/mol. The molecule has 2 aromatic rings. The summed E-state index contributed by atoms with van der Waals surface area (Å²) in [6.07, 6.45) is 7.85. The van der Waals surface area contributed by atoms with Gasteiger partial charge in [0.25, 0.3) is 0 Å². The minimum Gasteiger partial charge on any atom is -0.399 e. The lowest BCUT2D eigenvalue weighted by Gasteiger charge is -2.32. The van der Waals surface area contributed by atoms with Crippen LogP contribution in [0.3, 0.4) is 0 Å². The quantitative estimate of drug-likeness (QED) is 0.455. The van der Waals surface area contributed by atoms with Crippen molar-refractivity contribution < 1.29 is 18.8 Å². The molecule has 6 nitrogen and oxygen atoms in total. The smallest absolute Gasteiger partial charge is 0.399 e. The lowest BCUT2D eigenvalue weighted by Crippen LogP contribution is -2.41. The van der Waals surface area contributed by atoms with Crippen LogP contribution in [0.25, 0.3) is 10.9 Å². The number of nitrogens with zero attached hydrogens (tertiary/aromatic N) is 2. The molecule has 0 radical (unpaired) electrons. The Balaban J connectivity index is 1.78. The molecule has 0 N–H and O–H groups in total. The zero-order valence-corrected chi connectivity index (χ0v) is 20.1. The summed E-state index contributed by atoms with van der Waals surface area (Å²) in [5.41, 5.74) is 2.19. The van der Waals surface area contributed by atoms with Crippen LogP contribution in [0.4, 0.5) is 0 Å². The Hall–Kier alpha value is -1.12. The Bertz CT molecular complexity index is 908. The van der Waals surface area contributed by atoms with E-state index < -0.39 is 18.3 Å². The van der Waals surface area contributed by atoms with Crippen molar-refractivity contribution in [3.05, 3.63) is 22.8 Å². The molecule has 0 saturated carbocycles. The maximum Gasteiger partial charge on any atom is 0.495 e. The average Bonchev–Trinajstić information content (AvgIpc) is 3.22. The molecule has 0 aliphatic carbocycles. The number of hydrogen-bond acceptors (Lipinski definition) is 5. The molecule has 1 unspecified atom stereocenters. The van der Waals surface area contributed by atoms with Crippen LogP contribution in [-0.4, -0.2) is 48.4 Å². The highest BCUT2D eigenvalue weighted by Gasteiger charge is 2.53. The van der Waals surface area contributed by atoms with Crippen LogP contribution in [0.5, 0.6) is 0 Å². The van der Waals surface area contributed by atoms with Crippen molar-refractivity contribution in [3.63, 3.8) is 0 Å². The predicted octanol–water partition coefficient (Wildman–Crippen LogP) is 4.66. The molecule has 0 amide bonds. The molecule has 1 aromatic heterocycles. The van der Waals surface area contributed by atoms with Gasteiger partial charge in [-0.05, 0) is 83.3 Å². The van der Waals surface area contributed by atoms with Gasteiger partial charge in [0.1, 0.15) is 0 Å². The van der Waals surface area contributed by atoms with Gasteiger partial charge in [-0.2, -0.15) is 5.10 Å². The van der Waals surface area contributed by atoms with E-state index in [9.17, 15) is 0 Å². The summed E-state index contributed by atoms with van der Waals surface area (Å²) in [6, 6.07) is 2.03. The first-order chi connectivity index (χ1) is 14.7. The molecule has 3 heterocycles. The molecule has 4 rings (SSSR count). The summed E-state index contributed by atoms with van der Waals surface area (Å²) < 4.78 is 26.1. The lowest BCUT2D eigenvalue weighted by atomic mass is 9.73. The Morgan fingerprint density at radius 1 is 1.19 bits per heavy atom. The monoisotopic (exact) mass is 448 g/mol. The fourth-order valence-corrected chi connectivity index (χ4v) is 4.70. The molecule has 2 aliphatic rings. The Kier molecular flexibility index (Phi) is 6.71. The van der Waals surface area contributed by atoms with Crippen LogP contribution < -0.4 is 5.46 Å². The molecule has 0 spiro atoms. The third kappa shape index (κ3) is 4.40. The Labute approximate surface area is 190 Å². The first kappa shape index (κ1) is 23.1. The minimum atomic E-state index is -0.492. The molecule has 170 valence electrons. The summed E-state index contributed by atoms with van der Waals surface area (Å²) >= 11 is 6.89. The fourth-order valence-electron chi connectivity index (χ4n) is 4.40. The van der Waals surface area contributed by atoms with Crippen molar-refractivity contribution in [3.8, 4) is 0 Å². The largest absolute Gasteiger partial charge is 0.495 e. The zero-order chi connectivity index (χ0) is 22.2. The van der Waals surface area contributed by atoms with E-state index in [1.165, 1.54) is 0 Å². The van der Waals surface area contributed by atoms with Gasteiger partial charge in [-0.3, -0.25) is 0 Å². The molecule has 31 heavy (non-hydrogen) atoms. The molecular formula is C23H34BClN2O4. The highest BCUT2D eigenvalue weighted by atomic mass is 35.5. The normalized spacial score (nSPS) is 23.0. The number of unbranched alkanes of at least 4 members (excludes halogenated alkanes) is 1. The first-order valence-corrected chi connectivity index (χ1v) is 11.8. The number of halogens is 1. The molecule has 0 bridgehead atoms.